The van der Waals surface area contributed by atoms with Gasteiger partial charge in [0.15, 0.2) is 0 Å². The van der Waals surface area contributed by atoms with Gasteiger partial charge in [-0.25, -0.2) is 0 Å². The zero-order valence-electron chi connectivity index (χ0n) is 22.5. The molecule has 0 saturated carbocycles. The average Bonchev–Trinajstić information content (AvgIpc) is 2.76. The molecule has 0 amide bonds. The summed E-state index contributed by atoms with van der Waals surface area (Å²) in [4.78, 5) is 0. The van der Waals surface area contributed by atoms with Crippen LogP contribution in [0.25, 0.3) is 0 Å². The van der Waals surface area contributed by atoms with Crippen LogP contribution in [0.15, 0.2) is 0 Å². The van der Waals surface area contributed by atoms with Gasteiger partial charge < -0.3 is 0 Å². The summed E-state index contributed by atoms with van der Waals surface area (Å²) in [5.41, 5.74) is 0. The van der Waals surface area contributed by atoms with E-state index in [-0.39, 0.29) is 0 Å². The van der Waals surface area contributed by atoms with Gasteiger partial charge in [-0.3, -0.25) is 0 Å². The number of rotatable bonds is 25. The van der Waals surface area contributed by atoms with Crippen LogP contribution < -0.4 is 0 Å². The van der Waals surface area contributed by atoms with E-state index in [9.17, 15) is 0 Å². The molecule has 0 spiro atoms. The van der Waals surface area contributed by atoms with Crippen molar-refractivity contribution in [3.05, 3.63) is 0 Å². The Labute approximate surface area is 204 Å². The van der Waals surface area contributed by atoms with Crippen LogP contribution in [0, 0.1) is 0 Å². The summed E-state index contributed by atoms with van der Waals surface area (Å²) in [5, 5.41) is 0. The van der Waals surface area contributed by atoms with Gasteiger partial charge >= 0.3 is 204 Å². The summed E-state index contributed by atoms with van der Waals surface area (Å²) in [6.45, 7) is 9.30. The summed E-state index contributed by atoms with van der Waals surface area (Å²) in [6, 6.07) is 0. The van der Waals surface area contributed by atoms with Crippen LogP contribution in [0.3, 0.4) is 0 Å². The van der Waals surface area contributed by atoms with Crippen molar-refractivity contribution in [2.24, 2.45) is 0 Å². The Kier molecular flexibility index (Phi) is 21.8. The molecule has 0 aromatic heterocycles. The van der Waals surface area contributed by atoms with Crippen LogP contribution in [0.1, 0.15) is 163 Å². The van der Waals surface area contributed by atoms with Gasteiger partial charge in [0.25, 0.3) is 0 Å². The van der Waals surface area contributed by atoms with Gasteiger partial charge in [-0.05, 0) is 0 Å². The van der Waals surface area contributed by atoms with Crippen LogP contribution in [-0.2, 0) is 0 Å². The minimum atomic E-state index is -2.06. The Bertz CT molecular complexity index is 324. The van der Waals surface area contributed by atoms with Crippen LogP contribution >= 0.6 is 17.2 Å². The van der Waals surface area contributed by atoms with E-state index in [2.05, 4.69) is 27.7 Å². The van der Waals surface area contributed by atoms with E-state index in [4.69, 9.17) is 11.2 Å². The van der Waals surface area contributed by atoms with Gasteiger partial charge in [0.1, 0.15) is 0 Å². The third-order valence-electron chi connectivity index (χ3n) is 7.53. The molecule has 190 valence electrons. The van der Waals surface area contributed by atoms with Gasteiger partial charge in [-0.1, -0.05) is 0 Å². The summed E-state index contributed by atoms with van der Waals surface area (Å²) < 4.78 is 0. The predicted octanol–water partition coefficient (Wildman–Crippen LogP) is 12.0. The molecule has 0 unspecified atom stereocenters. The average molecular weight is 477 g/mol. The number of unbranched alkanes of at least 4 members (excludes halogenated alkanes) is 17. The van der Waals surface area contributed by atoms with E-state index >= 15 is 0 Å². The van der Waals surface area contributed by atoms with E-state index < -0.39 is 5.96 Å². The quantitative estimate of drug-likeness (QED) is 0.0906. The molecule has 0 N–H and O–H groups in total. The molecule has 0 bridgehead atoms. The van der Waals surface area contributed by atoms with E-state index in [0.29, 0.717) is 0 Å². The Hall–Kier alpha value is 0.720. The monoisotopic (exact) mass is 476 g/mol. The number of hydrogen-bond acceptors (Lipinski definition) is 0. The van der Waals surface area contributed by atoms with E-state index in [1.807, 2.05) is 0 Å². The number of halogens is 1. The molecule has 2 heteroatoms. The SMILES string of the molecule is CCCCCCCCP(Cl)(CCCCC)(CCCCCCCC)CCCCCCCC. The summed E-state index contributed by atoms with van der Waals surface area (Å²) in [5.74, 6) is -2.06. The maximum atomic E-state index is 7.98. The zero-order valence-corrected chi connectivity index (χ0v) is 24.2. The molecule has 0 aliphatic heterocycles. The molecule has 0 radical (unpaired) electrons. The molecule has 0 heterocycles. The zero-order chi connectivity index (χ0) is 23.1. The molecule has 0 saturated heterocycles. The fourth-order valence-electron chi connectivity index (χ4n) is 5.29. The van der Waals surface area contributed by atoms with Crippen LogP contribution in [0.2, 0.25) is 0 Å². The normalized spacial score (nSPS) is 13.4. The molecule has 0 fully saturated rings. The summed E-state index contributed by atoms with van der Waals surface area (Å²) in [6.07, 6.45) is 35.0. The maximum absolute atomic E-state index is 7.98. The van der Waals surface area contributed by atoms with Crippen molar-refractivity contribution in [1.82, 2.24) is 0 Å². The Balaban J connectivity index is 4.89. The van der Waals surface area contributed by atoms with Gasteiger partial charge in [-0.2, -0.15) is 0 Å². The number of hydrogen-bond donors (Lipinski definition) is 0. The van der Waals surface area contributed by atoms with Crippen molar-refractivity contribution in [3.8, 4) is 0 Å². The van der Waals surface area contributed by atoms with Crippen molar-refractivity contribution < 1.29 is 0 Å². The third kappa shape index (κ3) is 17.8. The van der Waals surface area contributed by atoms with Crippen LogP contribution in [0.4, 0.5) is 0 Å². The van der Waals surface area contributed by atoms with Crippen molar-refractivity contribution >= 4 is 17.2 Å². The Morgan fingerprint density at radius 2 is 0.516 bits per heavy atom. The second-order valence-corrected chi connectivity index (χ2v) is 19.0. The van der Waals surface area contributed by atoms with Gasteiger partial charge in [0, 0.05) is 0 Å². The first-order chi connectivity index (χ1) is 15.0. The van der Waals surface area contributed by atoms with Gasteiger partial charge in [0.2, 0.25) is 0 Å². The fraction of sp³-hybridized carbons (Fsp3) is 1.00. The molecule has 0 nitrogen and oxygen atoms in total. The molecular formula is C29H62ClP. The molecule has 0 atom stereocenters. The van der Waals surface area contributed by atoms with E-state index in [1.54, 1.807) is 0 Å². The second kappa shape index (κ2) is 21.3. The van der Waals surface area contributed by atoms with Crippen molar-refractivity contribution in [2.75, 3.05) is 24.6 Å². The first-order valence-corrected chi connectivity index (χ1v) is 18.6. The molecule has 0 aliphatic carbocycles. The van der Waals surface area contributed by atoms with Crippen molar-refractivity contribution in [2.45, 2.75) is 163 Å². The van der Waals surface area contributed by atoms with Crippen LogP contribution in [0.5, 0.6) is 0 Å². The topological polar surface area (TPSA) is 0 Å². The van der Waals surface area contributed by atoms with Crippen molar-refractivity contribution in [3.63, 3.8) is 0 Å². The third-order valence-corrected chi connectivity index (χ3v) is 15.3. The predicted molar refractivity (Wildman–Crippen MR) is 152 cm³/mol. The molecule has 31 heavy (non-hydrogen) atoms. The summed E-state index contributed by atoms with van der Waals surface area (Å²) in [7, 11) is 0. The molecule has 0 aromatic rings. The second-order valence-electron chi connectivity index (χ2n) is 10.7. The summed E-state index contributed by atoms with van der Waals surface area (Å²) >= 11 is 7.98. The Morgan fingerprint density at radius 1 is 0.323 bits per heavy atom. The van der Waals surface area contributed by atoms with E-state index in [0.717, 1.165) is 0 Å². The van der Waals surface area contributed by atoms with Gasteiger partial charge in [0.05, 0.1) is 0 Å². The van der Waals surface area contributed by atoms with Crippen LogP contribution in [-0.4, -0.2) is 24.6 Å². The fourth-order valence-corrected chi connectivity index (χ4v) is 12.1. The van der Waals surface area contributed by atoms with E-state index in [1.165, 1.54) is 159 Å². The molecule has 0 aliphatic rings. The Morgan fingerprint density at radius 3 is 0.806 bits per heavy atom. The molecule has 0 rings (SSSR count). The van der Waals surface area contributed by atoms with Crippen molar-refractivity contribution in [1.29, 1.82) is 0 Å². The minimum absolute atomic E-state index is 1.33. The molecular weight excluding hydrogens is 415 g/mol. The first kappa shape index (κ1) is 31.7. The first-order valence-electron chi connectivity index (χ1n) is 14.8. The standard InChI is InChI=1S/C29H62ClP/c1-5-9-13-16-19-23-27-31(30,26-22-12-8-4,28-24-20-17-14-10-6-2)29-25-21-18-15-11-7-3/h5-29H2,1-4H3. The molecule has 0 aromatic carbocycles. The van der Waals surface area contributed by atoms with Gasteiger partial charge in [-0.15, -0.1) is 0 Å².